The van der Waals surface area contributed by atoms with E-state index in [9.17, 15) is 0 Å². The molecule has 0 N–H and O–H groups in total. The van der Waals surface area contributed by atoms with Crippen LogP contribution in [0.4, 0.5) is 0 Å². The second-order valence-corrected chi connectivity index (χ2v) is 5.78. The summed E-state index contributed by atoms with van der Waals surface area (Å²) >= 11 is 0. The van der Waals surface area contributed by atoms with Crippen LogP contribution >= 0.6 is 0 Å². The minimum absolute atomic E-state index is 0.130. The molecule has 2 aliphatic heterocycles. The predicted molar refractivity (Wildman–Crippen MR) is 89.0 cm³/mol. The van der Waals surface area contributed by atoms with Gasteiger partial charge in [-0.2, -0.15) is 0 Å². The van der Waals surface area contributed by atoms with Gasteiger partial charge < -0.3 is 9.47 Å². The van der Waals surface area contributed by atoms with E-state index in [1.807, 2.05) is 24.3 Å². The van der Waals surface area contributed by atoms with Crippen molar-refractivity contribution in [2.45, 2.75) is 31.3 Å². The van der Waals surface area contributed by atoms with Gasteiger partial charge >= 0.3 is 7.05 Å². The van der Waals surface area contributed by atoms with Crippen LogP contribution in [0.25, 0.3) is 0 Å². The molecule has 3 heteroatoms. The summed E-state index contributed by atoms with van der Waals surface area (Å²) in [5.41, 5.74) is 1.89. The number of nitrogens with zero attached hydrogens (tertiary/aromatic N) is 1. The lowest BCUT2D eigenvalue weighted by atomic mass is 9.79. The summed E-state index contributed by atoms with van der Waals surface area (Å²) in [6, 6.07) is 10.9. The average molecular weight is 279 g/mol. The average Bonchev–Trinajstić information content (AvgIpc) is 3.10. The fourth-order valence-corrected chi connectivity index (χ4v) is 3.92. The van der Waals surface area contributed by atoms with Crippen molar-refractivity contribution in [2.75, 3.05) is 6.54 Å². The molecule has 108 valence electrons. The van der Waals surface area contributed by atoms with Crippen LogP contribution in [-0.4, -0.2) is 24.4 Å². The van der Waals surface area contributed by atoms with Gasteiger partial charge in [0.15, 0.2) is 0 Å². The van der Waals surface area contributed by atoms with Crippen molar-refractivity contribution in [1.29, 1.82) is 0 Å². The smallest absolute Gasteiger partial charge is 0.380 e. The second-order valence-electron chi connectivity index (χ2n) is 5.78. The van der Waals surface area contributed by atoms with Gasteiger partial charge in [0.2, 0.25) is 0 Å². The summed E-state index contributed by atoms with van der Waals surface area (Å²) in [5, 5.41) is 0. The minimum Gasteiger partial charge on any atom is -0.406 e. The Morgan fingerprint density at radius 1 is 1.38 bits per heavy atom. The van der Waals surface area contributed by atoms with Crippen LogP contribution in [0, 0.1) is 0 Å². The van der Waals surface area contributed by atoms with Crippen molar-refractivity contribution in [2.24, 2.45) is 0 Å². The van der Waals surface area contributed by atoms with E-state index in [0.29, 0.717) is 6.04 Å². The Morgan fingerprint density at radius 2 is 2.14 bits per heavy atom. The molecule has 0 saturated carbocycles. The van der Waals surface area contributed by atoms with Crippen molar-refractivity contribution in [3.05, 3.63) is 72.9 Å². The maximum absolute atomic E-state index is 6.55. The molecule has 1 unspecified atom stereocenters. The summed E-state index contributed by atoms with van der Waals surface area (Å²) in [5.74, 6) is 0. The Labute approximate surface area is 127 Å². The third kappa shape index (κ3) is 2.12. The molecule has 1 aromatic carbocycles. The third-order valence-corrected chi connectivity index (χ3v) is 4.74. The highest BCUT2D eigenvalue weighted by Gasteiger charge is 2.56. The van der Waals surface area contributed by atoms with Gasteiger partial charge in [0.1, 0.15) is 5.60 Å². The van der Waals surface area contributed by atoms with Gasteiger partial charge in [-0.15, -0.1) is 0 Å². The first kappa shape index (κ1) is 14.4. The standard InChI is InChI=1S/C18H22BNO/c1-4-10-15(5-2)18(16-11-7-6-8-12-16)17-13-9-14-20(17)19(3)21-18/h4-8,10-12,17H,1-2,9,13-14H2,3H3/b15-10+/t17?,18-/m0/s1. The lowest BCUT2D eigenvalue weighted by Crippen LogP contribution is -2.41. The summed E-state index contributed by atoms with van der Waals surface area (Å²) in [7, 11) is 0.130. The molecule has 2 nitrogen and oxygen atoms in total. The maximum Gasteiger partial charge on any atom is 0.380 e. The molecule has 0 aromatic heterocycles. The largest absolute Gasteiger partial charge is 0.406 e. The fraction of sp³-hybridized carbons (Fsp3) is 0.333. The number of hydrogen-bond acceptors (Lipinski definition) is 2. The van der Waals surface area contributed by atoms with Gasteiger partial charge in [0.25, 0.3) is 0 Å². The molecular weight excluding hydrogens is 257 g/mol. The van der Waals surface area contributed by atoms with Crippen molar-refractivity contribution in [3.8, 4) is 0 Å². The molecule has 21 heavy (non-hydrogen) atoms. The van der Waals surface area contributed by atoms with E-state index < -0.39 is 5.60 Å². The molecule has 2 saturated heterocycles. The van der Waals surface area contributed by atoms with E-state index >= 15 is 0 Å². The van der Waals surface area contributed by atoms with E-state index in [1.165, 1.54) is 12.0 Å². The minimum atomic E-state index is -0.423. The Balaban J connectivity index is 2.18. The molecule has 0 spiro atoms. The van der Waals surface area contributed by atoms with Crippen LogP contribution in [0.15, 0.2) is 67.3 Å². The highest BCUT2D eigenvalue weighted by molar-refractivity contribution is 6.48. The van der Waals surface area contributed by atoms with Crippen LogP contribution in [0.2, 0.25) is 6.82 Å². The first-order valence-electron chi connectivity index (χ1n) is 7.68. The topological polar surface area (TPSA) is 12.5 Å². The summed E-state index contributed by atoms with van der Waals surface area (Å²) in [6.07, 6.45) is 8.16. The summed E-state index contributed by atoms with van der Waals surface area (Å²) in [4.78, 5) is 2.48. The monoisotopic (exact) mass is 279 g/mol. The molecule has 0 radical (unpaired) electrons. The Bertz CT molecular complexity index is 568. The van der Waals surface area contributed by atoms with Gasteiger partial charge in [-0.1, -0.05) is 61.7 Å². The molecule has 0 amide bonds. The first-order chi connectivity index (χ1) is 10.2. The molecule has 3 rings (SSSR count). The molecule has 0 bridgehead atoms. The van der Waals surface area contributed by atoms with Crippen molar-refractivity contribution >= 4 is 7.05 Å². The summed E-state index contributed by atoms with van der Waals surface area (Å²) in [6.45, 7) is 11.1. The Morgan fingerprint density at radius 3 is 2.81 bits per heavy atom. The number of rotatable bonds is 4. The summed E-state index contributed by atoms with van der Waals surface area (Å²) < 4.78 is 6.55. The number of allylic oxidation sites excluding steroid dienone is 2. The second kappa shape index (κ2) is 5.66. The molecule has 2 heterocycles. The number of benzene rings is 1. The van der Waals surface area contributed by atoms with Crippen LogP contribution < -0.4 is 0 Å². The Kier molecular flexibility index (Phi) is 3.88. The molecule has 0 aliphatic carbocycles. The first-order valence-corrected chi connectivity index (χ1v) is 7.68. The number of hydrogen-bond donors (Lipinski definition) is 0. The van der Waals surface area contributed by atoms with Gasteiger partial charge in [0.05, 0.1) is 0 Å². The lowest BCUT2D eigenvalue weighted by Gasteiger charge is -2.37. The van der Waals surface area contributed by atoms with Crippen molar-refractivity contribution in [3.63, 3.8) is 0 Å². The molecular formula is C18H22BNO. The SMILES string of the molecule is C=C/C=C(\C=C)[C@@]1(c2ccccc2)OB(C)N2CCCC21. The number of fused-ring (bicyclic) bond motifs is 1. The van der Waals surface area contributed by atoms with Crippen molar-refractivity contribution in [1.82, 2.24) is 4.81 Å². The molecule has 2 fully saturated rings. The van der Waals surface area contributed by atoms with Gasteiger partial charge in [0, 0.05) is 6.04 Å². The highest BCUT2D eigenvalue weighted by atomic mass is 16.5. The van der Waals surface area contributed by atoms with Crippen LogP contribution in [0.3, 0.4) is 0 Å². The van der Waals surface area contributed by atoms with Gasteiger partial charge in [-0.05, 0) is 37.3 Å². The van der Waals surface area contributed by atoms with E-state index in [0.717, 1.165) is 18.5 Å². The zero-order chi connectivity index (χ0) is 14.9. The quantitative estimate of drug-likeness (QED) is 0.614. The lowest BCUT2D eigenvalue weighted by molar-refractivity contribution is 0.105. The molecule has 1 aromatic rings. The van der Waals surface area contributed by atoms with Crippen LogP contribution in [0.5, 0.6) is 0 Å². The zero-order valence-electron chi connectivity index (χ0n) is 12.7. The third-order valence-electron chi connectivity index (χ3n) is 4.74. The normalized spacial score (nSPS) is 29.5. The zero-order valence-corrected chi connectivity index (χ0v) is 12.7. The van der Waals surface area contributed by atoms with Crippen LogP contribution in [-0.2, 0) is 10.3 Å². The van der Waals surface area contributed by atoms with Crippen molar-refractivity contribution < 1.29 is 4.65 Å². The van der Waals surface area contributed by atoms with Gasteiger partial charge in [-0.25, -0.2) is 0 Å². The van der Waals surface area contributed by atoms with E-state index in [2.05, 4.69) is 49.1 Å². The Hall–Kier alpha value is -1.58. The molecule has 2 aliphatic rings. The fourth-order valence-electron chi connectivity index (χ4n) is 3.92. The van der Waals surface area contributed by atoms with E-state index in [4.69, 9.17) is 4.65 Å². The van der Waals surface area contributed by atoms with E-state index in [1.54, 1.807) is 0 Å². The van der Waals surface area contributed by atoms with E-state index in [-0.39, 0.29) is 7.05 Å². The highest BCUT2D eigenvalue weighted by Crippen LogP contribution is 2.49. The predicted octanol–water partition coefficient (Wildman–Crippen LogP) is 3.79. The van der Waals surface area contributed by atoms with Gasteiger partial charge in [-0.3, -0.25) is 0 Å². The maximum atomic E-state index is 6.55. The molecule has 2 atom stereocenters. The van der Waals surface area contributed by atoms with Crippen LogP contribution in [0.1, 0.15) is 18.4 Å².